The lowest BCUT2D eigenvalue weighted by atomic mass is 10.7. The van der Waals surface area contributed by atoms with Crippen LogP contribution in [0.1, 0.15) is 12.8 Å². The average molecular weight is 185 g/mol. The van der Waals surface area contributed by atoms with Gasteiger partial charge in [-0.3, -0.25) is 0 Å². The highest BCUT2D eigenvalue weighted by Gasteiger charge is 2.37. The molecule has 4 heteroatoms. The van der Waals surface area contributed by atoms with E-state index >= 15 is 0 Å². The van der Waals surface area contributed by atoms with Crippen LogP contribution >= 0.6 is 0 Å². The Morgan fingerprint density at radius 2 is 2.17 bits per heavy atom. The molecule has 0 atom stereocenters. The molecule has 12 heavy (non-hydrogen) atoms. The minimum atomic E-state index is -2.99. The third-order valence-corrected chi connectivity index (χ3v) is 4.51. The first-order valence-corrected chi connectivity index (χ1v) is 5.52. The van der Waals surface area contributed by atoms with Crippen LogP contribution in [0, 0.1) is 0 Å². The van der Waals surface area contributed by atoms with E-state index in [1.54, 1.807) is 29.9 Å². The topological polar surface area (TPSA) is 39.1 Å². The number of sulfone groups is 1. The summed E-state index contributed by atoms with van der Waals surface area (Å²) in [6, 6.07) is 3.42. The standard InChI is InChI=1S/C8H11NO2S/c1-9-6-2-3-8(9)12(10,11)7-4-5-7/h2-3,6-7H,4-5H2,1H3. The van der Waals surface area contributed by atoms with E-state index in [0.717, 1.165) is 12.8 Å². The molecule has 0 saturated heterocycles. The Hall–Kier alpha value is -0.770. The average Bonchev–Trinajstić information content (AvgIpc) is 2.75. The molecule has 1 aromatic rings. The predicted molar refractivity (Wildman–Crippen MR) is 45.6 cm³/mol. The quantitative estimate of drug-likeness (QED) is 0.688. The van der Waals surface area contributed by atoms with Crippen LogP contribution in [0.3, 0.4) is 0 Å². The van der Waals surface area contributed by atoms with Crippen LogP contribution in [-0.2, 0) is 16.9 Å². The van der Waals surface area contributed by atoms with E-state index in [0.29, 0.717) is 5.03 Å². The van der Waals surface area contributed by atoms with Crippen molar-refractivity contribution < 1.29 is 8.42 Å². The number of hydrogen-bond donors (Lipinski definition) is 0. The van der Waals surface area contributed by atoms with Crippen molar-refractivity contribution in [2.75, 3.05) is 0 Å². The molecular weight excluding hydrogens is 174 g/mol. The largest absolute Gasteiger partial charge is 0.342 e. The van der Waals surface area contributed by atoms with Gasteiger partial charge in [0.05, 0.1) is 5.25 Å². The van der Waals surface area contributed by atoms with E-state index in [1.807, 2.05) is 0 Å². The Labute approximate surface area is 71.9 Å². The van der Waals surface area contributed by atoms with Crippen LogP contribution in [-0.4, -0.2) is 18.2 Å². The SMILES string of the molecule is Cn1cccc1S(=O)(=O)C1CC1. The van der Waals surface area contributed by atoms with Gasteiger partial charge in [-0.05, 0) is 25.0 Å². The zero-order chi connectivity index (χ0) is 8.77. The van der Waals surface area contributed by atoms with Crippen molar-refractivity contribution >= 4 is 9.84 Å². The third-order valence-electron chi connectivity index (χ3n) is 2.15. The summed E-state index contributed by atoms with van der Waals surface area (Å²) >= 11 is 0. The van der Waals surface area contributed by atoms with E-state index in [9.17, 15) is 8.42 Å². The molecule has 0 aromatic carbocycles. The summed E-state index contributed by atoms with van der Waals surface area (Å²) in [4.78, 5) is 0. The Bertz CT molecular complexity index is 387. The molecule has 0 amide bonds. The molecule has 66 valence electrons. The van der Waals surface area contributed by atoms with Crippen LogP contribution in [0.15, 0.2) is 23.4 Å². The van der Waals surface area contributed by atoms with Gasteiger partial charge in [0.1, 0.15) is 5.03 Å². The van der Waals surface area contributed by atoms with Crippen molar-refractivity contribution in [1.29, 1.82) is 0 Å². The summed E-state index contributed by atoms with van der Waals surface area (Å²) < 4.78 is 25.0. The van der Waals surface area contributed by atoms with E-state index in [1.165, 1.54) is 0 Å². The number of aryl methyl sites for hydroxylation is 1. The van der Waals surface area contributed by atoms with Gasteiger partial charge < -0.3 is 4.57 Å². The molecule has 1 aliphatic rings. The highest BCUT2D eigenvalue weighted by atomic mass is 32.2. The van der Waals surface area contributed by atoms with Gasteiger partial charge in [-0.25, -0.2) is 8.42 Å². The fourth-order valence-corrected chi connectivity index (χ4v) is 3.12. The molecule has 1 fully saturated rings. The van der Waals surface area contributed by atoms with Crippen molar-refractivity contribution in [3.63, 3.8) is 0 Å². The van der Waals surface area contributed by atoms with Gasteiger partial charge >= 0.3 is 0 Å². The fourth-order valence-electron chi connectivity index (χ4n) is 1.29. The monoisotopic (exact) mass is 185 g/mol. The second-order valence-electron chi connectivity index (χ2n) is 3.20. The minimum absolute atomic E-state index is 0.105. The van der Waals surface area contributed by atoms with E-state index < -0.39 is 9.84 Å². The molecule has 1 saturated carbocycles. The van der Waals surface area contributed by atoms with Crippen LogP contribution in [0.4, 0.5) is 0 Å². The van der Waals surface area contributed by atoms with E-state index in [-0.39, 0.29) is 5.25 Å². The second kappa shape index (κ2) is 2.36. The van der Waals surface area contributed by atoms with Crippen molar-refractivity contribution in [2.24, 2.45) is 7.05 Å². The molecular formula is C8H11NO2S. The lowest BCUT2D eigenvalue weighted by Gasteiger charge is -2.02. The summed E-state index contributed by atoms with van der Waals surface area (Å²) in [5, 5.41) is 0.344. The molecule has 0 radical (unpaired) electrons. The van der Waals surface area contributed by atoms with Crippen molar-refractivity contribution in [2.45, 2.75) is 23.1 Å². The number of aromatic nitrogens is 1. The van der Waals surface area contributed by atoms with E-state index in [4.69, 9.17) is 0 Å². The fraction of sp³-hybridized carbons (Fsp3) is 0.500. The zero-order valence-corrected chi connectivity index (χ0v) is 7.71. The van der Waals surface area contributed by atoms with Crippen LogP contribution < -0.4 is 0 Å². The van der Waals surface area contributed by atoms with Gasteiger partial charge in [0, 0.05) is 13.2 Å². The molecule has 1 aromatic heterocycles. The van der Waals surface area contributed by atoms with Crippen LogP contribution in [0.2, 0.25) is 0 Å². The van der Waals surface area contributed by atoms with Gasteiger partial charge in [-0.2, -0.15) is 0 Å². The summed E-state index contributed by atoms with van der Waals surface area (Å²) in [5.74, 6) is 0. The summed E-state index contributed by atoms with van der Waals surface area (Å²) in [7, 11) is -1.23. The highest BCUT2D eigenvalue weighted by Crippen LogP contribution is 2.33. The molecule has 2 rings (SSSR count). The lowest BCUT2D eigenvalue weighted by Crippen LogP contribution is -2.10. The molecule has 0 N–H and O–H groups in total. The number of nitrogens with zero attached hydrogens (tertiary/aromatic N) is 1. The Kier molecular flexibility index (Phi) is 1.54. The van der Waals surface area contributed by atoms with Gasteiger partial charge in [0.25, 0.3) is 0 Å². The molecule has 0 spiro atoms. The Balaban J connectivity index is 2.48. The van der Waals surface area contributed by atoms with Gasteiger partial charge in [0.2, 0.25) is 0 Å². The maximum atomic E-state index is 11.7. The summed E-state index contributed by atoms with van der Waals surface area (Å²) in [6.07, 6.45) is 3.41. The molecule has 0 aliphatic heterocycles. The first-order valence-electron chi connectivity index (χ1n) is 3.97. The smallest absolute Gasteiger partial charge is 0.196 e. The molecule has 0 unspecified atom stereocenters. The van der Waals surface area contributed by atoms with Crippen LogP contribution in [0.25, 0.3) is 0 Å². The number of rotatable bonds is 2. The maximum Gasteiger partial charge on any atom is 0.196 e. The molecule has 3 nitrogen and oxygen atoms in total. The van der Waals surface area contributed by atoms with Crippen molar-refractivity contribution in [3.8, 4) is 0 Å². The number of hydrogen-bond acceptors (Lipinski definition) is 2. The second-order valence-corrected chi connectivity index (χ2v) is 5.38. The van der Waals surface area contributed by atoms with E-state index in [2.05, 4.69) is 0 Å². The van der Waals surface area contributed by atoms with Crippen LogP contribution in [0.5, 0.6) is 0 Å². The van der Waals surface area contributed by atoms with Gasteiger partial charge in [0.15, 0.2) is 9.84 Å². The lowest BCUT2D eigenvalue weighted by molar-refractivity contribution is 0.584. The van der Waals surface area contributed by atoms with Crippen molar-refractivity contribution in [3.05, 3.63) is 18.3 Å². The molecule has 0 bridgehead atoms. The summed E-state index contributed by atoms with van der Waals surface area (Å²) in [6.45, 7) is 0. The Morgan fingerprint density at radius 3 is 2.58 bits per heavy atom. The Morgan fingerprint density at radius 1 is 1.50 bits per heavy atom. The van der Waals surface area contributed by atoms with Gasteiger partial charge in [-0.15, -0.1) is 0 Å². The predicted octanol–water partition coefficient (Wildman–Crippen LogP) is 0.961. The normalized spacial score (nSPS) is 18.1. The first kappa shape index (κ1) is 7.86. The first-order chi connectivity index (χ1) is 5.62. The molecule has 1 aliphatic carbocycles. The third kappa shape index (κ3) is 1.06. The highest BCUT2D eigenvalue weighted by molar-refractivity contribution is 7.92. The summed E-state index contributed by atoms with van der Waals surface area (Å²) in [5.41, 5.74) is 0. The minimum Gasteiger partial charge on any atom is -0.342 e. The van der Waals surface area contributed by atoms with Gasteiger partial charge in [-0.1, -0.05) is 0 Å². The van der Waals surface area contributed by atoms with Crippen molar-refractivity contribution in [1.82, 2.24) is 4.57 Å². The molecule has 1 heterocycles. The zero-order valence-electron chi connectivity index (χ0n) is 6.90. The maximum absolute atomic E-state index is 11.7.